The van der Waals surface area contributed by atoms with Crippen LogP contribution in [0.3, 0.4) is 0 Å². The Morgan fingerprint density at radius 3 is 3.05 bits per heavy atom. The maximum absolute atomic E-state index is 5.78. The van der Waals surface area contributed by atoms with E-state index in [1.54, 1.807) is 0 Å². The summed E-state index contributed by atoms with van der Waals surface area (Å²) in [5.41, 5.74) is 2.99. The van der Waals surface area contributed by atoms with Crippen LogP contribution in [0.1, 0.15) is 38.3 Å². The highest BCUT2D eigenvalue weighted by molar-refractivity contribution is 5.39. The SMILES string of the molecule is C[C@@H]1CN(CCCc2ccc3c(c2)CCO3)C(C)(C)CO1. The van der Waals surface area contributed by atoms with Crippen molar-refractivity contribution in [2.24, 2.45) is 0 Å². The summed E-state index contributed by atoms with van der Waals surface area (Å²) < 4.78 is 11.4. The number of morpholine rings is 1. The van der Waals surface area contributed by atoms with Crippen molar-refractivity contribution in [2.75, 3.05) is 26.3 Å². The van der Waals surface area contributed by atoms with E-state index in [1.807, 2.05) is 0 Å². The lowest BCUT2D eigenvalue weighted by Crippen LogP contribution is -2.55. The first-order valence-corrected chi connectivity index (χ1v) is 8.16. The Kier molecular flexibility index (Phi) is 4.23. The molecule has 2 heterocycles. The van der Waals surface area contributed by atoms with Crippen LogP contribution in [0.15, 0.2) is 18.2 Å². The predicted molar refractivity (Wildman–Crippen MR) is 85.0 cm³/mol. The van der Waals surface area contributed by atoms with Gasteiger partial charge in [0.15, 0.2) is 0 Å². The van der Waals surface area contributed by atoms with Crippen molar-refractivity contribution < 1.29 is 9.47 Å². The molecule has 2 aliphatic heterocycles. The Balaban J connectivity index is 1.53. The Morgan fingerprint density at radius 1 is 1.33 bits per heavy atom. The lowest BCUT2D eigenvalue weighted by molar-refractivity contribution is -0.0912. The van der Waals surface area contributed by atoms with Crippen molar-refractivity contribution in [1.29, 1.82) is 0 Å². The van der Waals surface area contributed by atoms with Gasteiger partial charge in [0.1, 0.15) is 5.75 Å². The van der Waals surface area contributed by atoms with Crippen LogP contribution in [-0.2, 0) is 17.6 Å². The van der Waals surface area contributed by atoms with E-state index in [4.69, 9.17) is 9.47 Å². The minimum atomic E-state index is 0.165. The molecule has 0 unspecified atom stereocenters. The summed E-state index contributed by atoms with van der Waals surface area (Å²) in [6, 6.07) is 6.69. The molecule has 0 radical (unpaired) electrons. The van der Waals surface area contributed by atoms with Crippen molar-refractivity contribution >= 4 is 0 Å². The highest BCUT2D eigenvalue weighted by Crippen LogP contribution is 2.27. The van der Waals surface area contributed by atoms with Gasteiger partial charge in [0.2, 0.25) is 0 Å². The molecule has 1 saturated heterocycles. The van der Waals surface area contributed by atoms with Crippen molar-refractivity contribution in [3.8, 4) is 5.75 Å². The number of hydrogen-bond donors (Lipinski definition) is 0. The molecule has 0 N–H and O–H groups in total. The van der Waals surface area contributed by atoms with Gasteiger partial charge < -0.3 is 9.47 Å². The van der Waals surface area contributed by atoms with Crippen molar-refractivity contribution in [1.82, 2.24) is 4.90 Å². The summed E-state index contributed by atoms with van der Waals surface area (Å²) in [6.07, 6.45) is 3.78. The third-order valence-electron chi connectivity index (χ3n) is 4.70. The van der Waals surface area contributed by atoms with Gasteiger partial charge in [-0.1, -0.05) is 12.1 Å². The largest absolute Gasteiger partial charge is 0.493 e. The highest BCUT2D eigenvalue weighted by atomic mass is 16.5. The number of hydrogen-bond acceptors (Lipinski definition) is 3. The standard InChI is InChI=1S/C18H27NO2/c1-14-12-19(18(2,3)13-21-14)9-4-5-15-6-7-17-16(11-15)8-10-20-17/h6-7,11,14H,4-5,8-10,12-13H2,1-3H3/t14-/m1/s1. The maximum atomic E-state index is 5.78. The number of aryl methyl sites for hydroxylation is 1. The number of rotatable bonds is 4. The zero-order chi connectivity index (χ0) is 14.9. The zero-order valence-electron chi connectivity index (χ0n) is 13.5. The van der Waals surface area contributed by atoms with Gasteiger partial charge in [-0.2, -0.15) is 0 Å². The fourth-order valence-electron chi connectivity index (χ4n) is 3.31. The second-order valence-corrected chi connectivity index (χ2v) is 7.02. The molecule has 116 valence electrons. The monoisotopic (exact) mass is 289 g/mol. The Hall–Kier alpha value is -1.06. The fraction of sp³-hybridized carbons (Fsp3) is 0.667. The van der Waals surface area contributed by atoms with Crippen molar-refractivity contribution in [2.45, 2.75) is 51.7 Å². The van der Waals surface area contributed by atoms with Crippen LogP contribution in [0, 0.1) is 0 Å². The molecule has 1 aromatic carbocycles. The van der Waals surface area contributed by atoms with Crippen LogP contribution in [-0.4, -0.2) is 42.8 Å². The smallest absolute Gasteiger partial charge is 0.122 e. The molecule has 0 spiro atoms. The summed E-state index contributed by atoms with van der Waals surface area (Å²) in [4.78, 5) is 2.58. The van der Waals surface area contributed by atoms with Crippen LogP contribution in [0.4, 0.5) is 0 Å². The number of fused-ring (bicyclic) bond motifs is 1. The minimum Gasteiger partial charge on any atom is -0.493 e. The van der Waals surface area contributed by atoms with Gasteiger partial charge in [-0.15, -0.1) is 0 Å². The quantitative estimate of drug-likeness (QED) is 0.850. The summed E-state index contributed by atoms with van der Waals surface area (Å²) >= 11 is 0. The summed E-state index contributed by atoms with van der Waals surface area (Å²) in [5, 5.41) is 0. The molecule has 21 heavy (non-hydrogen) atoms. The van der Waals surface area contributed by atoms with E-state index in [0.717, 1.165) is 44.9 Å². The molecule has 0 aliphatic carbocycles. The van der Waals surface area contributed by atoms with E-state index in [0.29, 0.717) is 6.10 Å². The minimum absolute atomic E-state index is 0.165. The average Bonchev–Trinajstić information content (AvgIpc) is 2.90. The predicted octanol–water partition coefficient (Wildman–Crippen LogP) is 3.05. The molecule has 1 fully saturated rings. The lowest BCUT2D eigenvalue weighted by Gasteiger charge is -2.44. The third-order valence-corrected chi connectivity index (χ3v) is 4.70. The zero-order valence-corrected chi connectivity index (χ0v) is 13.5. The van der Waals surface area contributed by atoms with Gasteiger partial charge >= 0.3 is 0 Å². The van der Waals surface area contributed by atoms with Gasteiger partial charge in [0, 0.05) is 18.5 Å². The van der Waals surface area contributed by atoms with E-state index in [-0.39, 0.29) is 5.54 Å². The molecule has 0 saturated carbocycles. The number of benzene rings is 1. The molecular formula is C18H27NO2. The average molecular weight is 289 g/mol. The normalized spacial score (nSPS) is 24.6. The molecule has 0 amide bonds. The molecular weight excluding hydrogens is 262 g/mol. The Bertz CT molecular complexity index is 498. The molecule has 1 aromatic rings. The van der Waals surface area contributed by atoms with E-state index >= 15 is 0 Å². The second kappa shape index (κ2) is 5.98. The van der Waals surface area contributed by atoms with Gasteiger partial charge in [0.25, 0.3) is 0 Å². The van der Waals surface area contributed by atoms with Crippen LogP contribution < -0.4 is 4.74 Å². The van der Waals surface area contributed by atoms with E-state index in [2.05, 4.69) is 43.9 Å². The molecule has 3 rings (SSSR count). The molecule has 0 aromatic heterocycles. The van der Waals surface area contributed by atoms with E-state index in [1.165, 1.54) is 17.5 Å². The summed E-state index contributed by atoms with van der Waals surface area (Å²) in [5.74, 6) is 1.09. The van der Waals surface area contributed by atoms with E-state index < -0.39 is 0 Å². The molecule has 3 heteroatoms. The second-order valence-electron chi connectivity index (χ2n) is 7.02. The Morgan fingerprint density at radius 2 is 2.19 bits per heavy atom. The molecule has 1 atom stereocenters. The lowest BCUT2D eigenvalue weighted by atomic mass is 9.99. The molecule has 0 bridgehead atoms. The van der Waals surface area contributed by atoms with Crippen LogP contribution in [0.2, 0.25) is 0 Å². The van der Waals surface area contributed by atoms with Gasteiger partial charge in [-0.05, 0) is 57.4 Å². The molecule has 3 nitrogen and oxygen atoms in total. The first-order chi connectivity index (χ1) is 10.0. The first-order valence-electron chi connectivity index (χ1n) is 8.16. The highest BCUT2D eigenvalue weighted by Gasteiger charge is 2.32. The van der Waals surface area contributed by atoms with Gasteiger partial charge in [0.05, 0.1) is 19.3 Å². The Labute approximate surface area is 128 Å². The van der Waals surface area contributed by atoms with Crippen LogP contribution >= 0.6 is 0 Å². The number of ether oxygens (including phenoxy) is 2. The van der Waals surface area contributed by atoms with Gasteiger partial charge in [-0.3, -0.25) is 4.90 Å². The van der Waals surface area contributed by atoms with E-state index in [9.17, 15) is 0 Å². The molecule has 2 aliphatic rings. The third kappa shape index (κ3) is 3.41. The maximum Gasteiger partial charge on any atom is 0.122 e. The topological polar surface area (TPSA) is 21.7 Å². The number of nitrogens with zero attached hydrogens (tertiary/aromatic N) is 1. The summed E-state index contributed by atoms with van der Waals surface area (Å²) in [7, 11) is 0. The van der Waals surface area contributed by atoms with Crippen LogP contribution in [0.5, 0.6) is 5.75 Å². The van der Waals surface area contributed by atoms with Crippen LogP contribution in [0.25, 0.3) is 0 Å². The van der Waals surface area contributed by atoms with Crippen molar-refractivity contribution in [3.63, 3.8) is 0 Å². The summed E-state index contributed by atoms with van der Waals surface area (Å²) in [6.45, 7) is 10.6. The fourth-order valence-corrected chi connectivity index (χ4v) is 3.31. The first kappa shape index (κ1) is 14.9. The van der Waals surface area contributed by atoms with Crippen molar-refractivity contribution in [3.05, 3.63) is 29.3 Å². The van der Waals surface area contributed by atoms with Gasteiger partial charge in [-0.25, -0.2) is 0 Å².